The van der Waals surface area contributed by atoms with Gasteiger partial charge in [0.15, 0.2) is 5.43 Å². The van der Waals surface area contributed by atoms with Crippen molar-refractivity contribution in [3.8, 4) is 0 Å². The molecule has 0 bridgehead atoms. The number of alkyl carbamates (subject to hydrolysis) is 1. The van der Waals surface area contributed by atoms with E-state index >= 15 is 0 Å². The van der Waals surface area contributed by atoms with Crippen LogP contribution in [0.3, 0.4) is 0 Å². The van der Waals surface area contributed by atoms with Crippen LogP contribution in [-0.4, -0.2) is 34.6 Å². The van der Waals surface area contributed by atoms with E-state index in [1.165, 1.54) is 18.4 Å². The van der Waals surface area contributed by atoms with Gasteiger partial charge in [0.2, 0.25) is 0 Å². The predicted molar refractivity (Wildman–Crippen MR) is 92.3 cm³/mol. The summed E-state index contributed by atoms with van der Waals surface area (Å²) in [6.45, 7) is 5.40. The molecule has 7 nitrogen and oxygen atoms in total. The van der Waals surface area contributed by atoms with Gasteiger partial charge in [0.1, 0.15) is 17.3 Å². The van der Waals surface area contributed by atoms with Crippen molar-refractivity contribution in [1.82, 2.24) is 5.32 Å². The summed E-state index contributed by atoms with van der Waals surface area (Å²) < 4.78 is 10.3. The lowest BCUT2D eigenvalue weighted by atomic mass is 10.0. The lowest BCUT2D eigenvalue weighted by Crippen LogP contribution is -2.34. The number of hydrogen-bond donors (Lipinski definition) is 3. The highest BCUT2D eigenvalue weighted by molar-refractivity contribution is 5.77. The second-order valence-electron chi connectivity index (χ2n) is 6.77. The molecule has 0 aliphatic heterocycles. The fourth-order valence-corrected chi connectivity index (χ4v) is 2.30. The number of fused-ring (bicyclic) bond motifs is 1. The molecule has 0 spiro atoms. The molecule has 1 aromatic heterocycles. The summed E-state index contributed by atoms with van der Waals surface area (Å²) >= 11 is 0. The second kappa shape index (κ2) is 7.67. The number of rotatable bonds is 5. The lowest BCUT2D eigenvalue weighted by Gasteiger charge is -2.21. The van der Waals surface area contributed by atoms with Crippen molar-refractivity contribution in [3.05, 3.63) is 46.3 Å². The molecule has 2 unspecified atom stereocenters. The fraction of sp³-hybridized carbons (Fsp3) is 0.444. The first-order valence-electron chi connectivity index (χ1n) is 8.02. The molecule has 0 radical (unpaired) electrons. The van der Waals surface area contributed by atoms with Crippen LogP contribution in [0.2, 0.25) is 0 Å². The molecule has 7 heteroatoms. The first-order valence-corrected chi connectivity index (χ1v) is 8.02. The molecule has 2 aromatic rings. The lowest BCUT2D eigenvalue weighted by molar-refractivity contribution is 0.0123. The third-order valence-electron chi connectivity index (χ3n) is 3.50. The molecule has 1 aromatic carbocycles. The second-order valence-corrected chi connectivity index (χ2v) is 6.77. The van der Waals surface area contributed by atoms with Crippen LogP contribution in [0.4, 0.5) is 4.79 Å². The topological polar surface area (TPSA) is 109 Å². The quantitative estimate of drug-likeness (QED) is 0.763. The maximum Gasteiger partial charge on any atom is 0.407 e. The van der Waals surface area contributed by atoms with Crippen molar-refractivity contribution in [2.45, 2.75) is 45.0 Å². The number of amides is 1. The van der Waals surface area contributed by atoms with E-state index in [4.69, 9.17) is 9.15 Å². The number of hydrogen-bond acceptors (Lipinski definition) is 6. The summed E-state index contributed by atoms with van der Waals surface area (Å²) in [5, 5.41) is 23.2. The summed E-state index contributed by atoms with van der Waals surface area (Å²) in [6.07, 6.45) is -1.45. The van der Waals surface area contributed by atoms with Crippen LogP contribution in [-0.2, 0) is 4.74 Å². The predicted octanol–water partition coefficient (Wildman–Crippen LogP) is 2.10. The van der Waals surface area contributed by atoms with E-state index < -0.39 is 23.9 Å². The monoisotopic (exact) mass is 349 g/mol. The molecular formula is C18H23NO6. The van der Waals surface area contributed by atoms with Crippen LogP contribution in [0.25, 0.3) is 11.0 Å². The number of benzene rings is 1. The van der Waals surface area contributed by atoms with Crippen LogP contribution in [0.5, 0.6) is 0 Å². The Bertz CT molecular complexity index is 792. The maximum absolute atomic E-state index is 11.8. The van der Waals surface area contributed by atoms with Crippen LogP contribution in [0.15, 0.2) is 39.7 Å². The largest absolute Gasteiger partial charge is 0.464 e. The summed E-state index contributed by atoms with van der Waals surface area (Å²) in [4.78, 5) is 23.4. The van der Waals surface area contributed by atoms with E-state index in [-0.39, 0.29) is 18.4 Å². The fourth-order valence-electron chi connectivity index (χ4n) is 2.30. The third kappa shape index (κ3) is 5.30. The van der Waals surface area contributed by atoms with Gasteiger partial charge in [0.05, 0.1) is 17.8 Å². The summed E-state index contributed by atoms with van der Waals surface area (Å²) in [7, 11) is 0. The molecule has 2 rings (SSSR count). The average molecular weight is 349 g/mol. The van der Waals surface area contributed by atoms with E-state index in [2.05, 4.69) is 5.32 Å². The first kappa shape index (κ1) is 19.0. The number of ether oxygens (including phenoxy) is 1. The van der Waals surface area contributed by atoms with Crippen molar-refractivity contribution in [3.63, 3.8) is 0 Å². The van der Waals surface area contributed by atoms with Gasteiger partial charge in [-0.15, -0.1) is 0 Å². The van der Waals surface area contributed by atoms with Gasteiger partial charge in [-0.1, -0.05) is 6.07 Å². The first-order chi connectivity index (χ1) is 11.7. The summed E-state index contributed by atoms with van der Waals surface area (Å²) in [6, 6.07) is 5.94. The molecule has 1 heterocycles. The average Bonchev–Trinajstić information content (AvgIpc) is 2.52. The number of aliphatic hydroxyl groups excluding tert-OH is 2. The minimum absolute atomic E-state index is 0.127. The Morgan fingerprint density at radius 3 is 2.68 bits per heavy atom. The van der Waals surface area contributed by atoms with Crippen molar-refractivity contribution in [1.29, 1.82) is 0 Å². The zero-order valence-corrected chi connectivity index (χ0v) is 14.5. The molecule has 1 amide bonds. The maximum atomic E-state index is 11.8. The number of carbonyl (C=O) groups is 1. The summed E-state index contributed by atoms with van der Waals surface area (Å²) in [5.41, 5.74) is -0.0225. The highest BCUT2D eigenvalue weighted by atomic mass is 16.6. The van der Waals surface area contributed by atoms with Gasteiger partial charge in [-0.25, -0.2) is 4.79 Å². The van der Waals surface area contributed by atoms with Crippen LogP contribution < -0.4 is 10.7 Å². The molecule has 2 atom stereocenters. The normalized spacial score (nSPS) is 14.1. The van der Waals surface area contributed by atoms with E-state index in [1.54, 1.807) is 32.9 Å². The van der Waals surface area contributed by atoms with E-state index in [9.17, 15) is 19.8 Å². The van der Waals surface area contributed by atoms with Crippen LogP contribution in [0, 0.1) is 0 Å². The Kier molecular flexibility index (Phi) is 5.81. The Balaban J connectivity index is 1.96. The van der Waals surface area contributed by atoms with Crippen molar-refractivity contribution in [2.24, 2.45) is 0 Å². The molecule has 0 saturated heterocycles. The zero-order chi connectivity index (χ0) is 18.6. The zero-order valence-electron chi connectivity index (χ0n) is 14.5. The van der Waals surface area contributed by atoms with Crippen molar-refractivity contribution in [2.75, 3.05) is 6.54 Å². The van der Waals surface area contributed by atoms with Gasteiger partial charge in [0, 0.05) is 12.6 Å². The van der Waals surface area contributed by atoms with Crippen molar-refractivity contribution >= 4 is 17.1 Å². The Morgan fingerprint density at radius 2 is 2.00 bits per heavy atom. The SMILES string of the molecule is CC(C)(C)OC(=O)NCCC(O)C(O)c1ccc2occc(=O)c2c1. The van der Waals surface area contributed by atoms with Crippen molar-refractivity contribution < 1.29 is 24.2 Å². The van der Waals surface area contributed by atoms with Gasteiger partial charge in [-0.3, -0.25) is 4.79 Å². The van der Waals surface area contributed by atoms with Gasteiger partial charge in [0.25, 0.3) is 0 Å². The minimum atomic E-state index is -1.19. The standard InChI is InChI=1S/C18H23NO6/c1-18(2,3)25-17(23)19-8-6-14(21)16(22)11-4-5-15-12(10-11)13(20)7-9-24-15/h4-5,7,9-10,14,16,21-22H,6,8H2,1-3H3,(H,19,23). The number of nitrogens with one attached hydrogen (secondary N) is 1. The number of aliphatic hydroxyl groups is 2. The highest BCUT2D eigenvalue weighted by Gasteiger charge is 2.20. The molecule has 0 aliphatic carbocycles. The van der Waals surface area contributed by atoms with E-state index in [1.807, 2.05) is 0 Å². The highest BCUT2D eigenvalue weighted by Crippen LogP contribution is 2.22. The minimum Gasteiger partial charge on any atom is -0.464 e. The van der Waals surface area contributed by atoms with E-state index in [0.717, 1.165) is 0 Å². The van der Waals surface area contributed by atoms with Gasteiger partial charge in [-0.05, 0) is 44.9 Å². The van der Waals surface area contributed by atoms with Gasteiger partial charge in [-0.2, -0.15) is 0 Å². The molecule has 3 N–H and O–H groups in total. The van der Waals surface area contributed by atoms with Gasteiger partial charge < -0.3 is 24.7 Å². The van der Waals surface area contributed by atoms with Gasteiger partial charge >= 0.3 is 6.09 Å². The smallest absolute Gasteiger partial charge is 0.407 e. The molecule has 0 saturated carbocycles. The number of carbonyl (C=O) groups excluding carboxylic acids is 1. The Labute approximate surface area is 145 Å². The van der Waals surface area contributed by atoms with Crippen LogP contribution >= 0.6 is 0 Å². The van der Waals surface area contributed by atoms with E-state index in [0.29, 0.717) is 16.5 Å². The molecule has 25 heavy (non-hydrogen) atoms. The molecule has 136 valence electrons. The molecule has 0 aliphatic rings. The Hall–Kier alpha value is -2.38. The molecular weight excluding hydrogens is 326 g/mol. The third-order valence-corrected chi connectivity index (χ3v) is 3.50. The summed E-state index contributed by atoms with van der Waals surface area (Å²) in [5.74, 6) is 0. The molecule has 0 fully saturated rings. The Morgan fingerprint density at radius 1 is 1.28 bits per heavy atom. The van der Waals surface area contributed by atoms with Crippen LogP contribution in [0.1, 0.15) is 38.9 Å².